The van der Waals surface area contributed by atoms with Crippen LogP contribution in [0.4, 0.5) is 17.3 Å². The Balaban J connectivity index is 2.12. The van der Waals surface area contributed by atoms with Crippen molar-refractivity contribution in [3.8, 4) is 23.3 Å². The molecule has 30 heavy (non-hydrogen) atoms. The molecule has 8 nitrogen and oxygen atoms in total. The lowest BCUT2D eigenvalue weighted by atomic mass is 9.95. The summed E-state index contributed by atoms with van der Waals surface area (Å²) in [6.07, 6.45) is 1.57. The fourth-order valence-electron chi connectivity index (χ4n) is 3.02. The van der Waals surface area contributed by atoms with E-state index in [1.54, 1.807) is 36.6 Å². The summed E-state index contributed by atoms with van der Waals surface area (Å²) in [4.78, 5) is 15.8. The fourth-order valence-corrected chi connectivity index (χ4v) is 3.02. The highest BCUT2D eigenvalue weighted by Gasteiger charge is 2.21. The van der Waals surface area contributed by atoms with Crippen LogP contribution in [0.3, 0.4) is 0 Å². The molecule has 0 unspecified atom stereocenters. The van der Waals surface area contributed by atoms with Crippen molar-refractivity contribution in [1.82, 2.24) is 4.98 Å². The molecule has 3 N–H and O–H groups in total. The van der Waals surface area contributed by atoms with E-state index in [0.29, 0.717) is 47.3 Å². The van der Waals surface area contributed by atoms with E-state index in [-0.39, 0.29) is 17.0 Å². The third-order valence-corrected chi connectivity index (χ3v) is 4.27. The Morgan fingerprint density at radius 3 is 2.27 bits per heavy atom. The molecule has 1 aromatic carbocycles. The van der Waals surface area contributed by atoms with Crippen LogP contribution in [0.25, 0.3) is 11.1 Å². The minimum absolute atomic E-state index is 0.180. The van der Waals surface area contributed by atoms with Crippen LogP contribution in [0, 0.1) is 22.7 Å². The van der Waals surface area contributed by atoms with Crippen molar-refractivity contribution in [3.63, 3.8) is 0 Å². The molecule has 3 aromatic rings. The van der Waals surface area contributed by atoms with Gasteiger partial charge in [-0.1, -0.05) is 12.1 Å². The van der Waals surface area contributed by atoms with Gasteiger partial charge in [0.05, 0.1) is 12.8 Å². The van der Waals surface area contributed by atoms with Crippen molar-refractivity contribution in [1.29, 1.82) is 10.5 Å². The van der Waals surface area contributed by atoms with Gasteiger partial charge in [-0.05, 0) is 36.8 Å². The number of hydrogen-bond acceptors (Lipinski definition) is 7. The number of nitrogens with one attached hydrogen (secondary N) is 3. The second kappa shape index (κ2) is 9.26. The van der Waals surface area contributed by atoms with Crippen molar-refractivity contribution in [2.45, 2.75) is 20.4 Å². The first-order valence-corrected chi connectivity index (χ1v) is 9.33. The Bertz CT molecular complexity index is 1120. The number of furan rings is 1. The fraction of sp³-hybridized carbons (Fsp3) is 0.182. The second-order valence-electron chi connectivity index (χ2n) is 6.38. The third-order valence-electron chi connectivity index (χ3n) is 4.27. The van der Waals surface area contributed by atoms with Crippen molar-refractivity contribution >= 4 is 23.2 Å². The van der Waals surface area contributed by atoms with E-state index >= 15 is 0 Å². The van der Waals surface area contributed by atoms with E-state index in [4.69, 9.17) is 4.42 Å². The molecule has 0 fully saturated rings. The van der Waals surface area contributed by atoms with Gasteiger partial charge >= 0.3 is 0 Å². The summed E-state index contributed by atoms with van der Waals surface area (Å²) < 4.78 is 5.34. The lowest BCUT2D eigenvalue weighted by Crippen LogP contribution is -2.10. The summed E-state index contributed by atoms with van der Waals surface area (Å²) in [5.41, 5.74) is 2.30. The number of hydrogen-bond donors (Lipinski definition) is 3. The molecule has 1 amide bonds. The molecule has 2 aromatic heterocycles. The predicted molar refractivity (Wildman–Crippen MR) is 114 cm³/mol. The number of aromatic nitrogens is 1. The quantitative estimate of drug-likeness (QED) is 0.545. The Hall–Kier alpha value is -4.30. The Morgan fingerprint density at radius 1 is 1.07 bits per heavy atom. The van der Waals surface area contributed by atoms with E-state index in [1.807, 2.05) is 13.0 Å². The highest BCUT2D eigenvalue weighted by atomic mass is 16.3. The maximum absolute atomic E-state index is 11.3. The Morgan fingerprint density at radius 2 is 1.73 bits per heavy atom. The number of pyridine rings is 1. The number of benzene rings is 1. The van der Waals surface area contributed by atoms with Crippen LogP contribution in [0.5, 0.6) is 0 Å². The van der Waals surface area contributed by atoms with Crippen LogP contribution in [0.15, 0.2) is 47.1 Å². The highest BCUT2D eigenvalue weighted by Crippen LogP contribution is 2.35. The summed E-state index contributed by atoms with van der Waals surface area (Å²) in [6, 6.07) is 14.9. The summed E-state index contributed by atoms with van der Waals surface area (Å²) in [5.74, 6) is 1.25. The first-order chi connectivity index (χ1) is 14.6. The zero-order chi connectivity index (χ0) is 21.5. The van der Waals surface area contributed by atoms with E-state index < -0.39 is 0 Å². The number of carbonyl (C=O) groups excluding carboxylic acids is 1. The molecule has 0 aliphatic rings. The van der Waals surface area contributed by atoms with Gasteiger partial charge in [-0.3, -0.25) is 4.79 Å². The summed E-state index contributed by atoms with van der Waals surface area (Å²) >= 11 is 0. The molecule has 0 saturated heterocycles. The van der Waals surface area contributed by atoms with Crippen molar-refractivity contribution in [3.05, 3.63) is 59.5 Å². The van der Waals surface area contributed by atoms with Gasteiger partial charge in [0.25, 0.3) is 0 Å². The van der Waals surface area contributed by atoms with Crippen molar-refractivity contribution in [2.75, 3.05) is 22.5 Å². The number of nitrogens with zero attached hydrogens (tertiary/aromatic N) is 3. The first-order valence-electron chi connectivity index (χ1n) is 9.33. The zero-order valence-electron chi connectivity index (χ0n) is 16.6. The number of amides is 1. The first kappa shape index (κ1) is 20.4. The molecule has 0 spiro atoms. The van der Waals surface area contributed by atoms with Gasteiger partial charge in [0.1, 0.15) is 40.7 Å². The maximum Gasteiger partial charge on any atom is 0.221 e. The van der Waals surface area contributed by atoms with Gasteiger partial charge in [0.2, 0.25) is 5.91 Å². The molecule has 0 saturated carbocycles. The molecule has 8 heteroatoms. The summed E-state index contributed by atoms with van der Waals surface area (Å²) in [6.45, 7) is 4.23. The van der Waals surface area contributed by atoms with Gasteiger partial charge in [-0.25, -0.2) is 4.98 Å². The second-order valence-corrected chi connectivity index (χ2v) is 6.38. The molecule has 2 heterocycles. The van der Waals surface area contributed by atoms with Crippen LogP contribution in [-0.2, 0) is 11.3 Å². The van der Waals surface area contributed by atoms with Gasteiger partial charge in [-0.15, -0.1) is 0 Å². The van der Waals surface area contributed by atoms with Gasteiger partial charge in [0, 0.05) is 24.7 Å². The third kappa shape index (κ3) is 4.40. The maximum atomic E-state index is 11.3. The number of carbonyl (C=O) groups is 1. The normalized spacial score (nSPS) is 10.0. The van der Waals surface area contributed by atoms with Gasteiger partial charge < -0.3 is 20.4 Å². The number of anilines is 3. The van der Waals surface area contributed by atoms with E-state index in [2.05, 4.69) is 33.1 Å². The standard InChI is InChI=1S/C22H20N6O2/c1-3-25-21-18(11-23)20(15-6-8-16(9-7-15)27-14(2)29)19(12-24)22(28-21)26-13-17-5-4-10-30-17/h4-10H,3,13H2,1-2H3,(H,27,29)(H2,25,26,28). The van der Waals surface area contributed by atoms with Crippen LogP contribution in [-0.4, -0.2) is 17.4 Å². The molecule has 0 aliphatic heterocycles. The van der Waals surface area contributed by atoms with Crippen LogP contribution in [0.2, 0.25) is 0 Å². The van der Waals surface area contributed by atoms with Crippen LogP contribution >= 0.6 is 0 Å². The Labute approximate surface area is 174 Å². The highest BCUT2D eigenvalue weighted by molar-refractivity contribution is 5.90. The molecular weight excluding hydrogens is 380 g/mol. The topological polar surface area (TPSA) is 127 Å². The number of nitriles is 2. The summed E-state index contributed by atoms with van der Waals surface area (Å²) in [5, 5.41) is 28.6. The van der Waals surface area contributed by atoms with Gasteiger partial charge in [-0.2, -0.15) is 10.5 Å². The molecule has 3 rings (SSSR count). The van der Waals surface area contributed by atoms with Crippen molar-refractivity contribution < 1.29 is 9.21 Å². The Kier molecular flexibility index (Phi) is 6.31. The number of rotatable bonds is 7. The largest absolute Gasteiger partial charge is 0.467 e. The molecule has 0 atom stereocenters. The summed E-state index contributed by atoms with van der Waals surface area (Å²) in [7, 11) is 0. The lowest BCUT2D eigenvalue weighted by Gasteiger charge is -2.16. The smallest absolute Gasteiger partial charge is 0.221 e. The molecule has 0 aliphatic carbocycles. The van der Waals surface area contributed by atoms with E-state index in [0.717, 1.165) is 0 Å². The average Bonchev–Trinajstić information content (AvgIpc) is 3.25. The molecule has 150 valence electrons. The minimum atomic E-state index is -0.180. The van der Waals surface area contributed by atoms with Gasteiger partial charge in [0.15, 0.2) is 0 Å². The van der Waals surface area contributed by atoms with Crippen LogP contribution in [0.1, 0.15) is 30.7 Å². The van der Waals surface area contributed by atoms with Crippen LogP contribution < -0.4 is 16.0 Å². The zero-order valence-corrected chi connectivity index (χ0v) is 16.6. The molecular formula is C22H20N6O2. The minimum Gasteiger partial charge on any atom is -0.467 e. The average molecular weight is 400 g/mol. The predicted octanol–water partition coefficient (Wildman–Crippen LogP) is 4.09. The van der Waals surface area contributed by atoms with Crippen molar-refractivity contribution in [2.24, 2.45) is 0 Å². The molecule has 0 bridgehead atoms. The molecule has 0 radical (unpaired) electrons. The SMILES string of the molecule is CCNc1nc(NCc2ccco2)c(C#N)c(-c2ccc(NC(C)=O)cc2)c1C#N. The monoisotopic (exact) mass is 400 g/mol. The van der Waals surface area contributed by atoms with E-state index in [9.17, 15) is 15.3 Å². The lowest BCUT2D eigenvalue weighted by molar-refractivity contribution is -0.114. The van der Waals surface area contributed by atoms with E-state index in [1.165, 1.54) is 6.92 Å².